The number of halogens is 1. The minimum absolute atomic E-state index is 0.126. The van der Waals surface area contributed by atoms with Crippen LogP contribution in [0.2, 0.25) is 0 Å². The maximum atomic E-state index is 12.0. The minimum atomic E-state index is -0.296. The van der Waals surface area contributed by atoms with Gasteiger partial charge in [0.05, 0.1) is 17.5 Å². The highest BCUT2D eigenvalue weighted by Gasteiger charge is 2.16. The van der Waals surface area contributed by atoms with Crippen LogP contribution in [-0.4, -0.2) is 21.6 Å². The van der Waals surface area contributed by atoms with Crippen LogP contribution in [0, 0.1) is 0 Å². The normalized spacial score (nSPS) is 11.6. The van der Waals surface area contributed by atoms with Gasteiger partial charge in [0.25, 0.3) is 5.56 Å². The molecule has 2 aromatic rings. The van der Waals surface area contributed by atoms with Gasteiger partial charge in [-0.2, -0.15) is 5.10 Å². The molecule has 1 aromatic carbocycles. The molecule has 0 fully saturated rings. The van der Waals surface area contributed by atoms with E-state index in [1.807, 2.05) is 20.8 Å². The molecule has 0 saturated carbocycles. The van der Waals surface area contributed by atoms with E-state index < -0.39 is 0 Å². The van der Waals surface area contributed by atoms with Gasteiger partial charge >= 0.3 is 0 Å². The van der Waals surface area contributed by atoms with Crippen molar-refractivity contribution in [1.29, 1.82) is 0 Å². The van der Waals surface area contributed by atoms with E-state index >= 15 is 0 Å². The Morgan fingerprint density at radius 1 is 1.35 bits per heavy atom. The van der Waals surface area contributed by atoms with Crippen molar-refractivity contribution in [2.45, 2.75) is 32.7 Å². The summed E-state index contributed by atoms with van der Waals surface area (Å²) in [5, 5.41) is 10.5. The monoisotopic (exact) mass is 337 g/mol. The summed E-state index contributed by atoms with van der Waals surface area (Å²) in [6, 6.07) is 5.30. The largest absolute Gasteiger partial charge is 0.351 e. The van der Waals surface area contributed by atoms with Gasteiger partial charge < -0.3 is 5.32 Å². The van der Waals surface area contributed by atoms with Crippen molar-refractivity contribution in [3.8, 4) is 0 Å². The van der Waals surface area contributed by atoms with Crippen LogP contribution in [0.25, 0.3) is 10.8 Å². The van der Waals surface area contributed by atoms with E-state index in [9.17, 15) is 9.59 Å². The van der Waals surface area contributed by atoms with Crippen molar-refractivity contribution < 1.29 is 4.79 Å². The van der Waals surface area contributed by atoms with Gasteiger partial charge in [0.1, 0.15) is 0 Å². The van der Waals surface area contributed by atoms with Crippen LogP contribution in [0.15, 0.2) is 27.5 Å². The average molecular weight is 338 g/mol. The van der Waals surface area contributed by atoms with E-state index in [-0.39, 0.29) is 23.4 Å². The molecule has 0 radical (unpaired) electrons. The first kappa shape index (κ1) is 14.7. The summed E-state index contributed by atoms with van der Waals surface area (Å²) in [6.07, 6.45) is 0.126. The Bertz CT molecular complexity index is 716. The molecule has 0 unspecified atom stereocenters. The van der Waals surface area contributed by atoms with Crippen LogP contribution in [0.1, 0.15) is 26.5 Å². The van der Waals surface area contributed by atoms with Gasteiger partial charge in [0, 0.05) is 15.4 Å². The third kappa shape index (κ3) is 3.45. The lowest BCUT2D eigenvalue weighted by Gasteiger charge is -2.20. The van der Waals surface area contributed by atoms with E-state index in [0.717, 1.165) is 4.47 Å². The minimum Gasteiger partial charge on any atom is -0.351 e. The summed E-state index contributed by atoms with van der Waals surface area (Å²) in [6.45, 7) is 5.75. The summed E-state index contributed by atoms with van der Waals surface area (Å²) < 4.78 is 0.842. The molecule has 0 aliphatic heterocycles. The maximum Gasteiger partial charge on any atom is 0.272 e. The number of carbonyl (C=O) groups is 1. The van der Waals surface area contributed by atoms with Crippen LogP contribution in [0.3, 0.4) is 0 Å². The number of nitrogens with one attached hydrogen (secondary N) is 2. The highest BCUT2D eigenvalue weighted by molar-refractivity contribution is 9.10. The van der Waals surface area contributed by atoms with Crippen LogP contribution in [-0.2, 0) is 11.2 Å². The predicted molar refractivity (Wildman–Crippen MR) is 81.7 cm³/mol. The van der Waals surface area contributed by atoms with Gasteiger partial charge in [0.15, 0.2) is 0 Å². The second kappa shape index (κ2) is 5.36. The summed E-state index contributed by atoms with van der Waals surface area (Å²) in [4.78, 5) is 23.7. The number of aromatic amines is 1. The average Bonchev–Trinajstić information content (AvgIpc) is 2.30. The Morgan fingerprint density at radius 3 is 2.70 bits per heavy atom. The molecular weight excluding hydrogens is 322 g/mol. The molecule has 2 rings (SSSR count). The number of aromatic nitrogens is 2. The molecule has 0 spiro atoms. The first-order valence-electron chi connectivity index (χ1n) is 6.24. The molecule has 2 N–H and O–H groups in total. The van der Waals surface area contributed by atoms with Crippen molar-refractivity contribution in [1.82, 2.24) is 15.5 Å². The lowest BCUT2D eigenvalue weighted by molar-refractivity contribution is -0.121. The van der Waals surface area contributed by atoms with E-state index in [0.29, 0.717) is 16.5 Å². The molecule has 0 aliphatic rings. The second-order valence-electron chi connectivity index (χ2n) is 5.66. The van der Waals surface area contributed by atoms with Crippen LogP contribution >= 0.6 is 15.9 Å². The molecule has 1 heterocycles. The Kier molecular flexibility index (Phi) is 3.94. The third-order valence-corrected chi connectivity index (χ3v) is 3.17. The summed E-state index contributed by atoms with van der Waals surface area (Å²) in [5.74, 6) is -0.127. The lowest BCUT2D eigenvalue weighted by atomic mass is 10.1. The number of nitrogens with zero attached hydrogens (tertiary/aromatic N) is 1. The van der Waals surface area contributed by atoms with Crippen LogP contribution < -0.4 is 10.9 Å². The van der Waals surface area contributed by atoms with Gasteiger partial charge in [-0.3, -0.25) is 9.59 Å². The molecule has 1 aromatic heterocycles. The number of hydrogen-bond donors (Lipinski definition) is 2. The van der Waals surface area contributed by atoms with Crippen molar-refractivity contribution in [3.05, 3.63) is 38.7 Å². The van der Waals surface area contributed by atoms with Crippen molar-refractivity contribution in [2.75, 3.05) is 0 Å². The Hall–Kier alpha value is -1.69. The molecule has 1 amide bonds. The number of fused-ring (bicyclic) bond motifs is 1. The summed E-state index contributed by atoms with van der Waals surface area (Å²) >= 11 is 3.37. The lowest BCUT2D eigenvalue weighted by Crippen LogP contribution is -2.41. The predicted octanol–water partition coefficient (Wildman–Crippen LogP) is 2.14. The summed E-state index contributed by atoms with van der Waals surface area (Å²) in [7, 11) is 0. The Labute approximate surface area is 124 Å². The first-order valence-corrected chi connectivity index (χ1v) is 7.03. The Balaban J connectivity index is 2.40. The zero-order chi connectivity index (χ0) is 14.9. The van der Waals surface area contributed by atoms with Gasteiger partial charge in [-0.1, -0.05) is 15.9 Å². The molecule has 0 atom stereocenters. The van der Waals surface area contributed by atoms with Crippen molar-refractivity contribution in [2.24, 2.45) is 0 Å². The van der Waals surface area contributed by atoms with Crippen molar-refractivity contribution in [3.63, 3.8) is 0 Å². The molecule has 6 heteroatoms. The SMILES string of the molecule is CC(C)(C)NC(=O)Cc1n[nH]c(=O)c2ccc(Br)cc12. The standard InChI is InChI=1S/C14H16BrN3O2/c1-14(2,3)16-12(19)7-11-10-6-8(15)4-5-9(10)13(20)18-17-11/h4-6H,7H2,1-3H3,(H,16,19)(H,18,20). The number of H-pyrrole nitrogens is 1. The Morgan fingerprint density at radius 2 is 2.05 bits per heavy atom. The van der Waals surface area contributed by atoms with E-state index in [2.05, 4.69) is 31.4 Å². The smallest absolute Gasteiger partial charge is 0.272 e. The van der Waals surface area contributed by atoms with E-state index in [1.54, 1.807) is 18.2 Å². The first-order chi connectivity index (χ1) is 9.26. The third-order valence-electron chi connectivity index (χ3n) is 2.67. The number of benzene rings is 1. The van der Waals surface area contributed by atoms with Crippen molar-refractivity contribution >= 4 is 32.6 Å². The highest BCUT2D eigenvalue weighted by Crippen LogP contribution is 2.19. The van der Waals surface area contributed by atoms with Crippen LogP contribution in [0.4, 0.5) is 0 Å². The van der Waals surface area contributed by atoms with E-state index in [4.69, 9.17) is 0 Å². The zero-order valence-corrected chi connectivity index (χ0v) is 13.2. The number of amides is 1. The van der Waals surface area contributed by atoms with Gasteiger partial charge in [0.2, 0.25) is 5.91 Å². The number of rotatable bonds is 2. The zero-order valence-electron chi connectivity index (χ0n) is 11.6. The fourth-order valence-electron chi connectivity index (χ4n) is 1.94. The fourth-order valence-corrected chi connectivity index (χ4v) is 2.30. The van der Waals surface area contributed by atoms with E-state index in [1.165, 1.54) is 0 Å². The van der Waals surface area contributed by atoms with Crippen LogP contribution in [0.5, 0.6) is 0 Å². The molecule has 20 heavy (non-hydrogen) atoms. The fraction of sp³-hybridized carbons (Fsp3) is 0.357. The van der Waals surface area contributed by atoms with Gasteiger partial charge in [-0.25, -0.2) is 5.10 Å². The number of hydrogen-bond acceptors (Lipinski definition) is 3. The van der Waals surface area contributed by atoms with Gasteiger partial charge in [-0.05, 0) is 39.0 Å². The molecule has 106 valence electrons. The molecule has 0 aliphatic carbocycles. The summed E-state index contributed by atoms with van der Waals surface area (Å²) in [5.41, 5.74) is 0.00507. The van der Waals surface area contributed by atoms with Gasteiger partial charge in [-0.15, -0.1) is 0 Å². The quantitative estimate of drug-likeness (QED) is 0.881. The molecule has 0 saturated heterocycles. The molecule has 0 bridgehead atoms. The topological polar surface area (TPSA) is 74.8 Å². The number of carbonyl (C=O) groups excluding carboxylic acids is 1. The molecule has 5 nitrogen and oxygen atoms in total. The molecular formula is C14H16BrN3O2. The maximum absolute atomic E-state index is 12.0. The highest BCUT2D eigenvalue weighted by atomic mass is 79.9. The second-order valence-corrected chi connectivity index (χ2v) is 6.58.